The van der Waals surface area contributed by atoms with Gasteiger partial charge in [0.1, 0.15) is 0 Å². The van der Waals surface area contributed by atoms with E-state index in [1.54, 1.807) is 11.3 Å². The molecule has 0 unspecified atom stereocenters. The highest BCUT2D eigenvalue weighted by Gasteiger charge is 2.15. The first kappa shape index (κ1) is 17.8. The van der Waals surface area contributed by atoms with Crippen LogP contribution < -0.4 is 5.32 Å². The molecule has 2 aromatic heterocycles. The summed E-state index contributed by atoms with van der Waals surface area (Å²) >= 11 is 3.03. The Kier molecular flexibility index (Phi) is 5.22. The molecule has 0 radical (unpaired) electrons. The molecule has 4 rings (SSSR count). The SMILES string of the molecule is CCn1c(SCC(=O)Nc2cccc3ccccc23)nnc1-c1ccsc1. The number of fused-ring (bicyclic) bond motifs is 1. The van der Waals surface area contributed by atoms with Crippen molar-refractivity contribution in [3.8, 4) is 11.4 Å². The van der Waals surface area contributed by atoms with Gasteiger partial charge in [-0.1, -0.05) is 48.2 Å². The van der Waals surface area contributed by atoms with Gasteiger partial charge in [-0.3, -0.25) is 4.79 Å². The lowest BCUT2D eigenvalue weighted by Gasteiger charge is -2.09. The third-order valence-electron chi connectivity index (χ3n) is 4.21. The molecular weight excluding hydrogens is 376 g/mol. The van der Waals surface area contributed by atoms with E-state index in [9.17, 15) is 4.79 Å². The summed E-state index contributed by atoms with van der Waals surface area (Å²) in [5.41, 5.74) is 1.89. The van der Waals surface area contributed by atoms with E-state index < -0.39 is 0 Å². The molecule has 4 aromatic rings. The molecule has 0 saturated carbocycles. The molecule has 0 atom stereocenters. The Morgan fingerprint density at radius 2 is 2.00 bits per heavy atom. The van der Waals surface area contributed by atoms with Gasteiger partial charge in [-0.15, -0.1) is 10.2 Å². The Hall–Kier alpha value is -2.64. The number of anilines is 1. The maximum Gasteiger partial charge on any atom is 0.234 e. The first-order valence-electron chi connectivity index (χ1n) is 8.62. The van der Waals surface area contributed by atoms with Crippen LogP contribution in [-0.2, 0) is 11.3 Å². The molecule has 0 saturated heterocycles. The van der Waals surface area contributed by atoms with Crippen LogP contribution in [0, 0.1) is 0 Å². The summed E-state index contributed by atoms with van der Waals surface area (Å²) in [6.45, 7) is 2.81. The first-order chi connectivity index (χ1) is 13.3. The molecular formula is C20H18N4OS2. The van der Waals surface area contributed by atoms with E-state index in [-0.39, 0.29) is 11.7 Å². The number of nitrogens with one attached hydrogen (secondary N) is 1. The molecule has 0 bridgehead atoms. The summed E-state index contributed by atoms with van der Waals surface area (Å²) in [6.07, 6.45) is 0. The van der Waals surface area contributed by atoms with Crippen LogP contribution in [0.25, 0.3) is 22.2 Å². The fourth-order valence-corrected chi connectivity index (χ4v) is 4.37. The van der Waals surface area contributed by atoms with Crippen LogP contribution in [0.4, 0.5) is 5.69 Å². The molecule has 2 aromatic carbocycles. The van der Waals surface area contributed by atoms with Gasteiger partial charge in [0, 0.05) is 28.6 Å². The number of rotatable bonds is 6. The maximum absolute atomic E-state index is 12.5. The molecule has 1 N–H and O–H groups in total. The summed E-state index contributed by atoms with van der Waals surface area (Å²) in [4.78, 5) is 12.5. The largest absolute Gasteiger partial charge is 0.325 e. The standard InChI is InChI=1S/C20H18N4OS2/c1-2-24-19(15-10-11-26-12-15)22-23-20(24)27-13-18(25)21-17-9-5-7-14-6-3-4-8-16(14)17/h3-12H,2,13H2,1H3,(H,21,25). The van der Waals surface area contributed by atoms with E-state index in [0.29, 0.717) is 0 Å². The van der Waals surface area contributed by atoms with Crippen molar-refractivity contribution in [2.45, 2.75) is 18.6 Å². The summed E-state index contributed by atoms with van der Waals surface area (Å²) in [7, 11) is 0. The average Bonchev–Trinajstić information content (AvgIpc) is 3.36. The number of nitrogens with zero attached hydrogens (tertiary/aromatic N) is 3. The van der Waals surface area contributed by atoms with Gasteiger partial charge in [-0.05, 0) is 29.8 Å². The highest BCUT2D eigenvalue weighted by molar-refractivity contribution is 7.99. The van der Waals surface area contributed by atoms with Crippen LogP contribution in [0.2, 0.25) is 0 Å². The van der Waals surface area contributed by atoms with Gasteiger partial charge in [0.15, 0.2) is 11.0 Å². The summed E-state index contributed by atoms with van der Waals surface area (Å²) in [5.74, 6) is 1.07. The van der Waals surface area contributed by atoms with Gasteiger partial charge in [-0.25, -0.2) is 0 Å². The molecule has 1 amide bonds. The van der Waals surface area contributed by atoms with Crippen molar-refractivity contribution in [3.05, 3.63) is 59.3 Å². The molecule has 7 heteroatoms. The second-order valence-corrected chi connectivity index (χ2v) is 7.65. The van der Waals surface area contributed by atoms with Crippen LogP contribution >= 0.6 is 23.1 Å². The van der Waals surface area contributed by atoms with E-state index in [1.807, 2.05) is 58.5 Å². The van der Waals surface area contributed by atoms with Crippen molar-refractivity contribution >= 4 is 45.5 Å². The number of hydrogen-bond acceptors (Lipinski definition) is 5. The molecule has 5 nitrogen and oxygen atoms in total. The Bertz CT molecular complexity index is 1070. The maximum atomic E-state index is 12.5. The fourth-order valence-electron chi connectivity index (χ4n) is 2.94. The van der Waals surface area contributed by atoms with Crippen LogP contribution in [0.5, 0.6) is 0 Å². The molecule has 0 aliphatic carbocycles. The second kappa shape index (κ2) is 7.94. The van der Waals surface area contributed by atoms with E-state index in [1.165, 1.54) is 11.8 Å². The van der Waals surface area contributed by atoms with Crippen LogP contribution in [-0.4, -0.2) is 26.4 Å². The molecule has 27 heavy (non-hydrogen) atoms. The van der Waals surface area contributed by atoms with Crippen molar-refractivity contribution in [1.29, 1.82) is 0 Å². The lowest BCUT2D eigenvalue weighted by molar-refractivity contribution is -0.113. The molecule has 0 spiro atoms. The first-order valence-corrected chi connectivity index (χ1v) is 10.6. The predicted octanol–water partition coefficient (Wildman–Crippen LogP) is 4.91. The molecule has 0 fully saturated rings. The van der Waals surface area contributed by atoms with Gasteiger partial charge in [0.05, 0.1) is 5.75 Å². The fraction of sp³-hybridized carbons (Fsp3) is 0.150. The van der Waals surface area contributed by atoms with Crippen molar-refractivity contribution in [1.82, 2.24) is 14.8 Å². The van der Waals surface area contributed by atoms with Gasteiger partial charge >= 0.3 is 0 Å². The number of carbonyl (C=O) groups excluding carboxylic acids is 1. The van der Waals surface area contributed by atoms with E-state index in [0.717, 1.165) is 39.5 Å². The minimum absolute atomic E-state index is 0.0564. The second-order valence-electron chi connectivity index (χ2n) is 5.93. The smallest absolute Gasteiger partial charge is 0.234 e. The van der Waals surface area contributed by atoms with Crippen LogP contribution in [0.1, 0.15) is 6.92 Å². The van der Waals surface area contributed by atoms with Crippen molar-refractivity contribution in [2.75, 3.05) is 11.1 Å². The van der Waals surface area contributed by atoms with E-state index in [4.69, 9.17) is 0 Å². The highest BCUT2D eigenvalue weighted by Crippen LogP contribution is 2.26. The molecule has 2 heterocycles. The number of carbonyl (C=O) groups is 1. The number of hydrogen-bond donors (Lipinski definition) is 1. The topological polar surface area (TPSA) is 59.8 Å². The van der Waals surface area contributed by atoms with Crippen molar-refractivity contribution in [2.24, 2.45) is 0 Å². The Morgan fingerprint density at radius 3 is 2.81 bits per heavy atom. The summed E-state index contributed by atoms with van der Waals surface area (Å²) < 4.78 is 2.04. The average molecular weight is 395 g/mol. The highest BCUT2D eigenvalue weighted by atomic mass is 32.2. The van der Waals surface area contributed by atoms with Crippen LogP contribution in [0.15, 0.2) is 64.4 Å². The minimum atomic E-state index is -0.0564. The van der Waals surface area contributed by atoms with Gasteiger partial charge in [0.25, 0.3) is 0 Å². The summed E-state index contributed by atoms with van der Waals surface area (Å²) in [6, 6.07) is 16.0. The number of thioether (sulfide) groups is 1. The zero-order chi connectivity index (χ0) is 18.6. The van der Waals surface area contributed by atoms with Gasteiger partial charge in [-0.2, -0.15) is 11.3 Å². The Balaban J connectivity index is 1.47. The normalized spacial score (nSPS) is 11.0. The van der Waals surface area contributed by atoms with Gasteiger partial charge < -0.3 is 9.88 Å². The minimum Gasteiger partial charge on any atom is -0.325 e. The quantitative estimate of drug-likeness (QED) is 0.472. The third kappa shape index (κ3) is 3.74. The lowest BCUT2D eigenvalue weighted by atomic mass is 10.1. The van der Waals surface area contributed by atoms with Gasteiger partial charge in [0.2, 0.25) is 5.91 Å². The predicted molar refractivity (Wildman–Crippen MR) is 112 cm³/mol. The molecule has 0 aliphatic rings. The number of thiophene rings is 1. The summed E-state index contributed by atoms with van der Waals surface area (Å²) in [5, 5.41) is 18.6. The van der Waals surface area contributed by atoms with Crippen LogP contribution in [0.3, 0.4) is 0 Å². The monoisotopic (exact) mass is 394 g/mol. The molecule has 0 aliphatic heterocycles. The zero-order valence-electron chi connectivity index (χ0n) is 14.8. The molecule has 136 valence electrons. The lowest BCUT2D eigenvalue weighted by Crippen LogP contribution is -2.15. The van der Waals surface area contributed by atoms with E-state index >= 15 is 0 Å². The number of benzene rings is 2. The number of aromatic nitrogens is 3. The Labute approximate surface area is 165 Å². The third-order valence-corrected chi connectivity index (χ3v) is 5.86. The van der Waals surface area contributed by atoms with Crippen molar-refractivity contribution in [3.63, 3.8) is 0 Å². The van der Waals surface area contributed by atoms with E-state index in [2.05, 4.69) is 27.8 Å². The Morgan fingerprint density at radius 1 is 1.15 bits per heavy atom. The number of amides is 1. The zero-order valence-corrected chi connectivity index (χ0v) is 16.4. The van der Waals surface area contributed by atoms with Crippen molar-refractivity contribution < 1.29 is 4.79 Å².